The lowest BCUT2D eigenvalue weighted by Crippen LogP contribution is -2.46. The van der Waals surface area contributed by atoms with Crippen LogP contribution in [0.4, 0.5) is 4.79 Å². The van der Waals surface area contributed by atoms with Crippen LogP contribution in [0, 0.1) is 0 Å². The second-order valence-electron chi connectivity index (χ2n) is 7.91. The molecule has 2 aromatic rings. The van der Waals surface area contributed by atoms with E-state index in [1.165, 1.54) is 31.1 Å². The fraction of sp³-hybridized carbons (Fsp3) is 0.364. The molecule has 0 bridgehead atoms. The molecule has 1 fully saturated rings. The summed E-state index contributed by atoms with van der Waals surface area (Å²) in [6.45, 7) is 0.211. The molecule has 1 aliphatic carbocycles. The molecule has 1 saturated heterocycles. The van der Waals surface area contributed by atoms with Gasteiger partial charge in [-0.15, -0.1) is 0 Å². The van der Waals surface area contributed by atoms with E-state index in [0.29, 0.717) is 12.2 Å². The summed E-state index contributed by atoms with van der Waals surface area (Å²) >= 11 is 0. The molecule has 1 unspecified atom stereocenters. The largest absolute Gasteiger partial charge is 0.492 e. The first kappa shape index (κ1) is 21.3. The van der Waals surface area contributed by atoms with E-state index in [1.54, 1.807) is 12.1 Å². The van der Waals surface area contributed by atoms with Crippen molar-refractivity contribution in [2.75, 3.05) is 27.2 Å². The number of ether oxygens (including phenoxy) is 1. The molecule has 1 spiro atoms. The van der Waals surface area contributed by atoms with Gasteiger partial charge in [-0.1, -0.05) is 24.3 Å². The van der Waals surface area contributed by atoms with Gasteiger partial charge >= 0.3 is 6.03 Å². The number of imide groups is 1. The SMILES string of the molecule is CN(C)S(=O)(=O)c1ccc(OCCN2C(=O)NC3(CCCc4ccccc43)C2=O)cc1. The molecule has 3 amide bonds. The Morgan fingerprint density at radius 2 is 1.81 bits per heavy atom. The van der Waals surface area contributed by atoms with Gasteiger partial charge in [-0.25, -0.2) is 17.5 Å². The van der Waals surface area contributed by atoms with Crippen LogP contribution < -0.4 is 10.1 Å². The van der Waals surface area contributed by atoms with E-state index in [0.717, 1.165) is 28.3 Å². The van der Waals surface area contributed by atoms with Crippen molar-refractivity contribution in [2.24, 2.45) is 0 Å². The van der Waals surface area contributed by atoms with Gasteiger partial charge in [0.15, 0.2) is 0 Å². The quantitative estimate of drug-likeness (QED) is 0.690. The van der Waals surface area contributed by atoms with Crippen LogP contribution in [0.3, 0.4) is 0 Å². The molecule has 164 valence electrons. The topological polar surface area (TPSA) is 96.0 Å². The summed E-state index contributed by atoms with van der Waals surface area (Å²) in [5.41, 5.74) is 0.975. The maximum atomic E-state index is 13.2. The van der Waals surface area contributed by atoms with Gasteiger partial charge in [0.2, 0.25) is 10.0 Å². The molecule has 2 aliphatic rings. The number of amides is 3. The van der Waals surface area contributed by atoms with E-state index in [4.69, 9.17) is 4.74 Å². The predicted octanol–water partition coefficient (Wildman–Crippen LogP) is 2.10. The summed E-state index contributed by atoms with van der Waals surface area (Å²) in [6, 6.07) is 13.4. The van der Waals surface area contributed by atoms with Crippen molar-refractivity contribution in [3.63, 3.8) is 0 Å². The summed E-state index contributed by atoms with van der Waals surface area (Å²) < 4.78 is 31.1. The average Bonchev–Trinajstić information content (AvgIpc) is 2.99. The number of urea groups is 1. The summed E-state index contributed by atoms with van der Waals surface area (Å²) in [4.78, 5) is 27.2. The highest BCUT2D eigenvalue weighted by atomic mass is 32.2. The van der Waals surface area contributed by atoms with Crippen molar-refractivity contribution >= 4 is 22.0 Å². The van der Waals surface area contributed by atoms with E-state index < -0.39 is 21.6 Å². The second-order valence-corrected chi connectivity index (χ2v) is 10.1. The Morgan fingerprint density at radius 3 is 2.52 bits per heavy atom. The maximum absolute atomic E-state index is 13.2. The normalized spacial score (nSPS) is 20.8. The molecule has 4 rings (SSSR count). The third-order valence-corrected chi connectivity index (χ3v) is 7.67. The Balaban J connectivity index is 1.42. The van der Waals surface area contributed by atoms with Gasteiger partial charge < -0.3 is 10.1 Å². The number of nitrogens with one attached hydrogen (secondary N) is 1. The van der Waals surface area contributed by atoms with Gasteiger partial charge in [0.25, 0.3) is 5.91 Å². The van der Waals surface area contributed by atoms with Gasteiger partial charge in [-0.3, -0.25) is 9.69 Å². The molecule has 9 heteroatoms. The van der Waals surface area contributed by atoms with Crippen molar-refractivity contribution in [1.29, 1.82) is 0 Å². The first-order chi connectivity index (χ1) is 14.8. The van der Waals surface area contributed by atoms with Crippen LogP contribution in [0.5, 0.6) is 5.75 Å². The minimum Gasteiger partial charge on any atom is -0.492 e. The lowest BCUT2D eigenvalue weighted by molar-refractivity contribution is -0.132. The third-order valence-electron chi connectivity index (χ3n) is 5.84. The molecule has 0 radical (unpaired) electrons. The van der Waals surface area contributed by atoms with E-state index in [1.807, 2.05) is 24.3 Å². The fourth-order valence-corrected chi connectivity index (χ4v) is 5.09. The zero-order chi connectivity index (χ0) is 22.2. The van der Waals surface area contributed by atoms with E-state index in [9.17, 15) is 18.0 Å². The molecule has 1 aliphatic heterocycles. The Hall–Kier alpha value is -2.91. The van der Waals surface area contributed by atoms with Gasteiger partial charge in [0, 0.05) is 14.1 Å². The van der Waals surface area contributed by atoms with Crippen LogP contribution in [-0.4, -0.2) is 56.8 Å². The zero-order valence-electron chi connectivity index (χ0n) is 17.5. The molecule has 8 nitrogen and oxygen atoms in total. The number of rotatable bonds is 6. The van der Waals surface area contributed by atoms with Crippen molar-refractivity contribution in [3.8, 4) is 5.75 Å². The molecule has 0 aromatic heterocycles. The highest BCUT2D eigenvalue weighted by molar-refractivity contribution is 7.89. The van der Waals surface area contributed by atoms with Crippen molar-refractivity contribution < 1.29 is 22.7 Å². The van der Waals surface area contributed by atoms with E-state index >= 15 is 0 Å². The van der Waals surface area contributed by atoms with Crippen LogP contribution in [0.1, 0.15) is 24.0 Å². The number of fused-ring (bicyclic) bond motifs is 2. The third kappa shape index (κ3) is 3.68. The minimum absolute atomic E-state index is 0.104. The summed E-state index contributed by atoms with van der Waals surface area (Å²) in [7, 11) is -0.575. The first-order valence-corrected chi connectivity index (χ1v) is 11.6. The molecule has 1 N–H and O–H groups in total. The fourth-order valence-electron chi connectivity index (χ4n) is 4.19. The number of carbonyl (C=O) groups is 2. The number of hydrogen-bond donors (Lipinski definition) is 1. The Bertz CT molecular complexity index is 1110. The Labute approximate surface area is 181 Å². The van der Waals surface area contributed by atoms with Gasteiger partial charge in [-0.2, -0.15) is 0 Å². The Morgan fingerprint density at radius 1 is 1.10 bits per heavy atom. The molecule has 1 atom stereocenters. The van der Waals surface area contributed by atoms with E-state index in [-0.39, 0.29) is 24.0 Å². The molecule has 2 aromatic carbocycles. The lowest BCUT2D eigenvalue weighted by atomic mass is 9.76. The van der Waals surface area contributed by atoms with E-state index in [2.05, 4.69) is 5.32 Å². The monoisotopic (exact) mass is 443 g/mol. The van der Waals surface area contributed by atoms with Crippen LogP contribution in [0.25, 0.3) is 0 Å². The smallest absolute Gasteiger partial charge is 0.325 e. The van der Waals surface area contributed by atoms with Gasteiger partial charge in [-0.05, 0) is 54.7 Å². The highest BCUT2D eigenvalue weighted by Crippen LogP contribution is 2.39. The van der Waals surface area contributed by atoms with Crippen LogP contribution in [0.15, 0.2) is 53.4 Å². The standard InChI is InChI=1S/C22H25N3O5S/c1-24(2)31(28,29)18-11-9-17(10-12-18)30-15-14-25-20(26)22(23-21(25)27)13-5-7-16-6-3-4-8-19(16)22/h3-4,6,8-12H,5,7,13-15H2,1-2H3,(H,23,27). The first-order valence-electron chi connectivity index (χ1n) is 10.1. The molecular formula is C22H25N3O5S. The second kappa shape index (κ2) is 7.97. The van der Waals surface area contributed by atoms with Crippen molar-refractivity contribution in [1.82, 2.24) is 14.5 Å². The molecule has 0 saturated carbocycles. The van der Waals surface area contributed by atoms with Crippen LogP contribution in [-0.2, 0) is 26.8 Å². The molecule has 1 heterocycles. The number of benzene rings is 2. The number of sulfonamides is 1. The van der Waals surface area contributed by atoms with Crippen molar-refractivity contribution in [2.45, 2.75) is 29.7 Å². The van der Waals surface area contributed by atoms with Gasteiger partial charge in [0.1, 0.15) is 17.9 Å². The van der Waals surface area contributed by atoms with Gasteiger partial charge in [0.05, 0.1) is 11.4 Å². The molecular weight excluding hydrogens is 418 g/mol. The molecule has 31 heavy (non-hydrogen) atoms. The predicted molar refractivity (Wildman–Crippen MR) is 114 cm³/mol. The Kier molecular flexibility index (Phi) is 5.49. The van der Waals surface area contributed by atoms with Crippen LogP contribution >= 0.6 is 0 Å². The lowest BCUT2D eigenvalue weighted by Gasteiger charge is -2.33. The zero-order valence-corrected chi connectivity index (χ0v) is 18.3. The van der Waals surface area contributed by atoms with Crippen LogP contribution in [0.2, 0.25) is 0 Å². The minimum atomic E-state index is -3.51. The average molecular weight is 444 g/mol. The summed E-state index contributed by atoms with van der Waals surface area (Å²) in [5.74, 6) is 0.211. The highest BCUT2D eigenvalue weighted by Gasteiger charge is 2.53. The van der Waals surface area contributed by atoms with Crippen molar-refractivity contribution in [3.05, 3.63) is 59.7 Å². The maximum Gasteiger partial charge on any atom is 0.325 e. The number of carbonyl (C=O) groups excluding carboxylic acids is 2. The number of hydrogen-bond acceptors (Lipinski definition) is 5. The summed E-state index contributed by atoms with van der Waals surface area (Å²) in [6.07, 6.45) is 2.30. The number of nitrogens with zero attached hydrogens (tertiary/aromatic N) is 2. The number of aryl methyl sites for hydroxylation is 1. The summed E-state index contributed by atoms with van der Waals surface area (Å²) in [5, 5.41) is 2.92.